The number of benzene rings is 1. The molecule has 0 spiro atoms. The molecule has 1 saturated heterocycles. The fourth-order valence-electron chi connectivity index (χ4n) is 2.51. The second kappa shape index (κ2) is 4.04. The summed E-state index contributed by atoms with van der Waals surface area (Å²) in [6.45, 7) is 4.63. The number of carbonyl (C=O) groups is 1. The van der Waals surface area contributed by atoms with Crippen LogP contribution < -0.4 is 10.2 Å². The molecule has 1 amide bonds. The minimum absolute atomic E-state index is 0.0900. The van der Waals surface area contributed by atoms with Crippen molar-refractivity contribution in [1.29, 1.82) is 0 Å². The van der Waals surface area contributed by atoms with Gasteiger partial charge in [-0.15, -0.1) is 0 Å². The number of nitrogens with zero attached hydrogens (tertiary/aromatic N) is 1. The van der Waals surface area contributed by atoms with E-state index in [1.54, 1.807) is 0 Å². The molecule has 2 heterocycles. The van der Waals surface area contributed by atoms with Gasteiger partial charge in [-0.25, -0.2) is 0 Å². The number of hydrogen-bond donors (Lipinski definition) is 1. The average Bonchev–Trinajstić information content (AvgIpc) is 2.68. The molecule has 0 aromatic heterocycles. The Morgan fingerprint density at radius 3 is 3.18 bits per heavy atom. The summed E-state index contributed by atoms with van der Waals surface area (Å²) < 4.78 is 5.44. The molecule has 1 aromatic rings. The number of nitrogens with one attached hydrogen (secondary N) is 1. The van der Waals surface area contributed by atoms with Crippen molar-refractivity contribution in [1.82, 2.24) is 0 Å². The first-order valence-electron chi connectivity index (χ1n) is 6.01. The third-order valence-corrected chi connectivity index (χ3v) is 3.41. The van der Waals surface area contributed by atoms with Crippen molar-refractivity contribution < 1.29 is 9.53 Å². The predicted octanol–water partition coefficient (Wildman–Crippen LogP) is 1.41. The number of carbonyl (C=O) groups excluding carboxylic acids is 1. The van der Waals surface area contributed by atoms with Gasteiger partial charge in [0.05, 0.1) is 19.6 Å². The fraction of sp³-hybridized carbons (Fsp3) is 0.462. The van der Waals surface area contributed by atoms with Crippen LogP contribution in [0.2, 0.25) is 0 Å². The van der Waals surface area contributed by atoms with Gasteiger partial charge in [0.2, 0.25) is 5.91 Å². The molecule has 1 aromatic carbocycles. The van der Waals surface area contributed by atoms with Gasteiger partial charge >= 0.3 is 0 Å². The van der Waals surface area contributed by atoms with E-state index in [1.807, 2.05) is 6.07 Å². The molecule has 2 aliphatic heterocycles. The Labute approximate surface area is 101 Å². The van der Waals surface area contributed by atoms with E-state index in [9.17, 15) is 4.79 Å². The molecule has 0 saturated carbocycles. The van der Waals surface area contributed by atoms with E-state index in [-0.39, 0.29) is 5.91 Å². The third kappa shape index (κ3) is 1.89. The van der Waals surface area contributed by atoms with E-state index in [1.165, 1.54) is 5.69 Å². The number of ether oxygens (including phenoxy) is 1. The monoisotopic (exact) mass is 232 g/mol. The maximum atomic E-state index is 11.3. The van der Waals surface area contributed by atoms with E-state index in [0.717, 1.165) is 31.0 Å². The van der Waals surface area contributed by atoms with E-state index in [2.05, 4.69) is 29.3 Å². The van der Waals surface area contributed by atoms with Gasteiger partial charge in [0.1, 0.15) is 0 Å². The topological polar surface area (TPSA) is 41.6 Å². The van der Waals surface area contributed by atoms with Crippen molar-refractivity contribution in [3.63, 3.8) is 0 Å². The SMILES string of the molecule is C[C@H]1COCCN1c1ccc2c(c1)CC(=O)N2. The van der Waals surface area contributed by atoms with Gasteiger partial charge in [-0.3, -0.25) is 4.79 Å². The summed E-state index contributed by atoms with van der Waals surface area (Å²) >= 11 is 0. The highest BCUT2D eigenvalue weighted by Gasteiger charge is 2.22. The van der Waals surface area contributed by atoms with Crippen LogP contribution >= 0.6 is 0 Å². The predicted molar refractivity (Wildman–Crippen MR) is 66.4 cm³/mol. The molecule has 4 heteroatoms. The minimum Gasteiger partial charge on any atom is -0.377 e. The van der Waals surface area contributed by atoms with E-state index in [0.29, 0.717) is 12.5 Å². The Bertz CT molecular complexity index is 459. The van der Waals surface area contributed by atoms with Crippen LogP contribution in [0.25, 0.3) is 0 Å². The number of morpholine rings is 1. The lowest BCUT2D eigenvalue weighted by molar-refractivity contribution is -0.115. The van der Waals surface area contributed by atoms with E-state index in [4.69, 9.17) is 4.74 Å². The van der Waals surface area contributed by atoms with Crippen LogP contribution in [0.5, 0.6) is 0 Å². The molecule has 4 nitrogen and oxygen atoms in total. The van der Waals surface area contributed by atoms with Crippen LogP contribution in [-0.2, 0) is 16.0 Å². The lowest BCUT2D eigenvalue weighted by atomic mass is 10.1. The van der Waals surface area contributed by atoms with Gasteiger partial charge in [0.15, 0.2) is 0 Å². The lowest BCUT2D eigenvalue weighted by Crippen LogP contribution is -2.43. The molecule has 0 aliphatic carbocycles. The Hall–Kier alpha value is -1.55. The van der Waals surface area contributed by atoms with Gasteiger partial charge in [-0.2, -0.15) is 0 Å². The zero-order chi connectivity index (χ0) is 11.8. The van der Waals surface area contributed by atoms with Crippen LogP contribution in [0.4, 0.5) is 11.4 Å². The first-order chi connectivity index (χ1) is 8.24. The molecule has 2 aliphatic rings. The number of anilines is 2. The number of hydrogen-bond acceptors (Lipinski definition) is 3. The highest BCUT2D eigenvalue weighted by atomic mass is 16.5. The molecule has 90 valence electrons. The molecule has 1 fully saturated rings. The van der Waals surface area contributed by atoms with Crippen molar-refractivity contribution >= 4 is 17.3 Å². The van der Waals surface area contributed by atoms with Crippen LogP contribution in [0.15, 0.2) is 18.2 Å². The van der Waals surface area contributed by atoms with Crippen molar-refractivity contribution in [3.8, 4) is 0 Å². The average molecular weight is 232 g/mol. The molecule has 0 bridgehead atoms. The second-order valence-corrected chi connectivity index (χ2v) is 4.68. The van der Waals surface area contributed by atoms with Crippen LogP contribution in [-0.4, -0.2) is 31.7 Å². The first kappa shape index (κ1) is 10.6. The molecular formula is C13H16N2O2. The summed E-state index contributed by atoms with van der Waals surface area (Å²) in [6, 6.07) is 6.59. The zero-order valence-corrected chi connectivity index (χ0v) is 9.90. The Kier molecular flexibility index (Phi) is 2.52. The highest BCUT2D eigenvalue weighted by molar-refractivity contribution is 5.99. The van der Waals surface area contributed by atoms with Gasteiger partial charge in [0.25, 0.3) is 0 Å². The molecule has 1 atom stereocenters. The van der Waals surface area contributed by atoms with Gasteiger partial charge < -0.3 is 15.0 Å². The summed E-state index contributed by atoms with van der Waals surface area (Å²) in [5.41, 5.74) is 3.25. The molecule has 0 radical (unpaired) electrons. The number of fused-ring (bicyclic) bond motifs is 1. The summed E-state index contributed by atoms with van der Waals surface area (Å²) in [7, 11) is 0. The minimum atomic E-state index is 0.0900. The quantitative estimate of drug-likeness (QED) is 0.796. The Morgan fingerprint density at radius 2 is 2.35 bits per heavy atom. The maximum absolute atomic E-state index is 11.3. The standard InChI is InChI=1S/C13H16N2O2/c1-9-8-17-5-4-15(9)11-2-3-12-10(6-11)7-13(16)14-12/h2-3,6,9H,4-5,7-8H2,1H3,(H,14,16)/t9-/m0/s1. The van der Waals surface area contributed by atoms with Crippen LogP contribution in [0.1, 0.15) is 12.5 Å². The van der Waals surface area contributed by atoms with E-state index < -0.39 is 0 Å². The molecule has 3 rings (SSSR count). The Morgan fingerprint density at radius 1 is 1.47 bits per heavy atom. The largest absolute Gasteiger partial charge is 0.377 e. The molecular weight excluding hydrogens is 216 g/mol. The number of rotatable bonds is 1. The smallest absolute Gasteiger partial charge is 0.228 e. The maximum Gasteiger partial charge on any atom is 0.228 e. The molecule has 0 unspecified atom stereocenters. The second-order valence-electron chi connectivity index (χ2n) is 4.68. The van der Waals surface area contributed by atoms with Gasteiger partial charge in [0, 0.05) is 24.0 Å². The molecule has 17 heavy (non-hydrogen) atoms. The van der Waals surface area contributed by atoms with E-state index >= 15 is 0 Å². The highest BCUT2D eigenvalue weighted by Crippen LogP contribution is 2.29. The normalized spacial score (nSPS) is 23.5. The van der Waals surface area contributed by atoms with Crippen molar-refractivity contribution in [2.75, 3.05) is 30.0 Å². The van der Waals surface area contributed by atoms with Crippen LogP contribution in [0.3, 0.4) is 0 Å². The fourth-order valence-corrected chi connectivity index (χ4v) is 2.51. The zero-order valence-electron chi connectivity index (χ0n) is 9.90. The van der Waals surface area contributed by atoms with Gasteiger partial charge in [-0.1, -0.05) is 0 Å². The summed E-state index contributed by atoms with van der Waals surface area (Å²) in [5.74, 6) is 0.0900. The van der Waals surface area contributed by atoms with Crippen molar-refractivity contribution in [3.05, 3.63) is 23.8 Å². The summed E-state index contributed by atoms with van der Waals surface area (Å²) in [6.07, 6.45) is 0.502. The lowest BCUT2D eigenvalue weighted by Gasteiger charge is -2.35. The number of amides is 1. The summed E-state index contributed by atoms with van der Waals surface area (Å²) in [4.78, 5) is 13.6. The first-order valence-corrected chi connectivity index (χ1v) is 6.01. The van der Waals surface area contributed by atoms with Crippen LogP contribution in [0, 0.1) is 0 Å². The van der Waals surface area contributed by atoms with Gasteiger partial charge in [-0.05, 0) is 30.7 Å². The third-order valence-electron chi connectivity index (χ3n) is 3.41. The molecule has 1 N–H and O–H groups in total. The Balaban J connectivity index is 1.89. The summed E-state index contributed by atoms with van der Waals surface area (Å²) in [5, 5.41) is 2.86. The van der Waals surface area contributed by atoms with Crippen molar-refractivity contribution in [2.24, 2.45) is 0 Å². The van der Waals surface area contributed by atoms with Crippen molar-refractivity contribution in [2.45, 2.75) is 19.4 Å².